The Hall–Kier alpha value is -0.940. The highest BCUT2D eigenvalue weighted by Gasteiger charge is 2.07. The highest BCUT2D eigenvalue weighted by molar-refractivity contribution is 8.00. The molecule has 2 rings (SSSR count). The van der Waals surface area contributed by atoms with Crippen LogP contribution in [0.2, 0.25) is 0 Å². The topological polar surface area (TPSA) is 52.0 Å². The van der Waals surface area contributed by atoms with Crippen LogP contribution in [0.25, 0.3) is 0 Å². The van der Waals surface area contributed by atoms with Gasteiger partial charge in [-0.05, 0) is 26.0 Å². The molecule has 15 heavy (non-hydrogen) atoms. The summed E-state index contributed by atoms with van der Waals surface area (Å²) < 4.78 is 6.65. The lowest BCUT2D eigenvalue weighted by Crippen LogP contribution is -1.80. The molecule has 0 saturated heterocycles. The second-order valence-corrected chi connectivity index (χ2v) is 5.50. The van der Waals surface area contributed by atoms with Crippen molar-refractivity contribution in [2.24, 2.45) is 0 Å². The Bertz CT molecular complexity index is 462. The summed E-state index contributed by atoms with van der Waals surface area (Å²) in [4.78, 5) is 4.17. The predicted octanol–water partition coefficient (Wildman–Crippen LogP) is 3.23. The molecule has 0 aliphatic rings. The average molecular weight is 240 g/mol. The van der Waals surface area contributed by atoms with Crippen LogP contribution >= 0.6 is 23.1 Å². The van der Waals surface area contributed by atoms with E-state index in [1.807, 2.05) is 26.0 Å². The molecule has 2 N–H and O–H groups in total. The van der Waals surface area contributed by atoms with E-state index in [4.69, 9.17) is 10.2 Å². The van der Waals surface area contributed by atoms with Crippen LogP contribution in [0.15, 0.2) is 20.8 Å². The second-order valence-electron chi connectivity index (χ2n) is 3.23. The Morgan fingerprint density at radius 1 is 1.47 bits per heavy atom. The molecule has 80 valence electrons. The zero-order valence-electron chi connectivity index (χ0n) is 8.61. The summed E-state index contributed by atoms with van der Waals surface area (Å²) in [5.41, 5.74) is 6.63. The summed E-state index contributed by atoms with van der Waals surface area (Å²) in [7, 11) is 0. The molecule has 0 radical (unpaired) electrons. The monoisotopic (exact) mass is 240 g/mol. The zero-order valence-corrected chi connectivity index (χ0v) is 10.2. The van der Waals surface area contributed by atoms with Gasteiger partial charge >= 0.3 is 0 Å². The first-order chi connectivity index (χ1) is 7.15. The Balaban J connectivity index is 2.01. The Morgan fingerprint density at radius 2 is 2.27 bits per heavy atom. The van der Waals surface area contributed by atoms with Crippen LogP contribution < -0.4 is 5.73 Å². The Morgan fingerprint density at radius 3 is 2.80 bits per heavy atom. The fourth-order valence-electron chi connectivity index (χ4n) is 1.24. The number of furan rings is 1. The van der Waals surface area contributed by atoms with Crippen LogP contribution in [0.3, 0.4) is 0 Å². The van der Waals surface area contributed by atoms with Gasteiger partial charge in [0.2, 0.25) is 0 Å². The molecular formula is C10H12N2OS2. The molecular weight excluding hydrogens is 228 g/mol. The van der Waals surface area contributed by atoms with E-state index in [0.29, 0.717) is 5.13 Å². The van der Waals surface area contributed by atoms with Crippen LogP contribution in [-0.4, -0.2) is 4.98 Å². The lowest BCUT2D eigenvalue weighted by Gasteiger charge is -1.95. The molecule has 0 unspecified atom stereocenters. The number of aryl methyl sites for hydroxylation is 2. The molecule has 0 aromatic carbocycles. The smallest absolute Gasteiger partial charge is 0.181 e. The fraction of sp³-hybridized carbons (Fsp3) is 0.300. The van der Waals surface area contributed by atoms with E-state index in [2.05, 4.69) is 4.98 Å². The van der Waals surface area contributed by atoms with Crippen molar-refractivity contribution >= 4 is 28.2 Å². The maximum absolute atomic E-state index is 5.62. The van der Waals surface area contributed by atoms with E-state index in [1.54, 1.807) is 11.8 Å². The molecule has 0 saturated carbocycles. The number of thiazole rings is 1. The van der Waals surface area contributed by atoms with Gasteiger partial charge in [0.05, 0.1) is 15.7 Å². The lowest BCUT2D eigenvalue weighted by molar-refractivity contribution is 0.501. The summed E-state index contributed by atoms with van der Waals surface area (Å²) in [6, 6.07) is 3.98. The SMILES string of the molecule is Cc1ccc(CSc2sc(N)nc2C)o1. The van der Waals surface area contributed by atoms with Gasteiger partial charge in [-0.1, -0.05) is 11.3 Å². The van der Waals surface area contributed by atoms with E-state index in [9.17, 15) is 0 Å². The third kappa shape index (κ3) is 2.54. The standard InChI is InChI=1S/C10H12N2OS2/c1-6-3-4-8(13-6)5-14-9-7(2)12-10(11)15-9/h3-4H,5H2,1-2H3,(H2,11,12). The van der Waals surface area contributed by atoms with Crippen molar-refractivity contribution in [3.8, 4) is 0 Å². The molecule has 0 aliphatic heterocycles. The van der Waals surface area contributed by atoms with Crippen molar-refractivity contribution in [3.05, 3.63) is 29.3 Å². The Kier molecular flexibility index (Phi) is 3.02. The minimum atomic E-state index is 0.630. The summed E-state index contributed by atoms with van der Waals surface area (Å²) in [6.07, 6.45) is 0. The van der Waals surface area contributed by atoms with E-state index in [1.165, 1.54) is 15.5 Å². The van der Waals surface area contributed by atoms with E-state index < -0.39 is 0 Å². The number of nitrogens with two attached hydrogens (primary N) is 1. The van der Waals surface area contributed by atoms with Gasteiger partial charge in [-0.15, -0.1) is 11.8 Å². The number of nitrogen functional groups attached to an aromatic ring is 1. The van der Waals surface area contributed by atoms with Crippen molar-refractivity contribution in [3.63, 3.8) is 0 Å². The maximum atomic E-state index is 5.62. The zero-order chi connectivity index (χ0) is 10.8. The summed E-state index contributed by atoms with van der Waals surface area (Å²) in [5, 5.41) is 0.630. The van der Waals surface area contributed by atoms with Crippen molar-refractivity contribution < 1.29 is 4.42 Å². The van der Waals surface area contributed by atoms with Gasteiger partial charge < -0.3 is 10.2 Å². The summed E-state index contributed by atoms with van der Waals surface area (Å²) in [5.74, 6) is 2.77. The molecule has 5 heteroatoms. The van der Waals surface area contributed by atoms with Gasteiger partial charge in [-0.25, -0.2) is 4.98 Å². The lowest BCUT2D eigenvalue weighted by atomic mass is 10.5. The predicted molar refractivity (Wildman–Crippen MR) is 64.3 cm³/mol. The first-order valence-corrected chi connectivity index (χ1v) is 6.36. The molecule has 0 amide bonds. The third-order valence-electron chi connectivity index (χ3n) is 1.91. The largest absolute Gasteiger partial charge is 0.465 e. The van der Waals surface area contributed by atoms with Crippen LogP contribution in [0.5, 0.6) is 0 Å². The summed E-state index contributed by atoms with van der Waals surface area (Å²) in [6.45, 7) is 3.92. The Labute approximate surface area is 96.7 Å². The number of nitrogens with zero attached hydrogens (tertiary/aromatic N) is 1. The number of rotatable bonds is 3. The van der Waals surface area contributed by atoms with Crippen LogP contribution in [-0.2, 0) is 5.75 Å². The molecule has 0 spiro atoms. The van der Waals surface area contributed by atoms with Gasteiger partial charge in [0.25, 0.3) is 0 Å². The number of hydrogen-bond donors (Lipinski definition) is 1. The van der Waals surface area contributed by atoms with Crippen LogP contribution in [0, 0.1) is 13.8 Å². The highest BCUT2D eigenvalue weighted by atomic mass is 32.2. The van der Waals surface area contributed by atoms with Gasteiger partial charge in [0.15, 0.2) is 5.13 Å². The first kappa shape index (κ1) is 10.6. The van der Waals surface area contributed by atoms with Crippen molar-refractivity contribution in [1.82, 2.24) is 4.98 Å². The minimum absolute atomic E-state index is 0.630. The number of thioether (sulfide) groups is 1. The molecule has 0 atom stereocenters. The average Bonchev–Trinajstić information content (AvgIpc) is 2.70. The molecule has 0 bridgehead atoms. The highest BCUT2D eigenvalue weighted by Crippen LogP contribution is 2.32. The minimum Gasteiger partial charge on any atom is -0.465 e. The van der Waals surface area contributed by atoms with Gasteiger partial charge in [-0.3, -0.25) is 0 Å². The summed E-state index contributed by atoms with van der Waals surface area (Å²) >= 11 is 3.24. The molecule has 0 aliphatic carbocycles. The van der Waals surface area contributed by atoms with Gasteiger partial charge in [0.1, 0.15) is 11.5 Å². The maximum Gasteiger partial charge on any atom is 0.181 e. The second kappa shape index (κ2) is 4.28. The van der Waals surface area contributed by atoms with E-state index in [0.717, 1.165) is 23.0 Å². The number of hydrogen-bond acceptors (Lipinski definition) is 5. The third-order valence-corrected chi connectivity index (χ3v) is 4.28. The molecule has 2 heterocycles. The number of anilines is 1. The molecule has 0 fully saturated rings. The molecule has 2 aromatic rings. The van der Waals surface area contributed by atoms with E-state index >= 15 is 0 Å². The quantitative estimate of drug-likeness (QED) is 0.837. The van der Waals surface area contributed by atoms with Crippen molar-refractivity contribution in [2.45, 2.75) is 23.8 Å². The van der Waals surface area contributed by atoms with Crippen molar-refractivity contribution in [2.75, 3.05) is 5.73 Å². The van der Waals surface area contributed by atoms with Crippen LogP contribution in [0.1, 0.15) is 17.2 Å². The van der Waals surface area contributed by atoms with Crippen molar-refractivity contribution in [1.29, 1.82) is 0 Å². The molecule has 3 nitrogen and oxygen atoms in total. The number of aromatic nitrogens is 1. The normalized spacial score (nSPS) is 10.8. The molecule has 2 aromatic heterocycles. The first-order valence-electron chi connectivity index (χ1n) is 4.56. The van der Waals surface area contributed by atoms with E-state index in [-0.39, 0.29) is 0 Å². The van der Waals surface area contributed by atoms with Gasteiger partial charge in [-0.2, -0.15) is 0 Å². The fourth-order valence-corrected chi connectivity index (χ4v) is 3.15. The van der Waals surface area contributed by atoms with Gasteiger partial charge in [0, 0.05) is 0 Å². The van der Waals surface area contributed by atoms with Crippen LogP contribution in [0.4, 0.5) is 5.13 Å².